The van der Waals surface area contributed by atoms with Crippen LogP contribution in [0, 0.1) is 17.2 Å². The highest BCUT2D eigenvalue weighted by atomic mass is 16.5. The van der Waals surface area contributed by atoms with E-state index in [9.17, 15) is 0 Å². The molecule has 0 spiro atoms. The zero-order valence-electron chi connectivity index (χ0n) is 10.2. The molecule has 1 unspecified atom stereocenters. The molecule has 0 radical (unpaired) electrons. The summed E-state index contributed by atoms with van der Waals surface area (Å²) in [5.41, 5.74) is 1.87. The number of nitriles is 1. The minimum Gasteiger partial charge on any atom is -0.381 e. The summed E-state index contributed by atoms with van der Waals surface area (Å²) in [6.07, 6.45) is 2.42. The van der Waals surface area contributed by atoms with Crippen LogP contribution in [0.3, 0.4) is 0 Å². The van der Waals surface area contributed by atoms with Gasteiger partial charge in [-0.25, -0.2) is 0 Å². The third-order valence-electron chi connectivity index (χ3n) is 3.22. The lowest BCUT2D eigenvalue weighted by molar-refractivity contribution is 0.0576. The summed E-state index contributed by atoms with van der Waals surface area (Å²) in [6.45, 7) is 2.81. The Morgan fingerprint density at radius 3 is 2.76 bits per heavy atom. The zero-order chi connectivity index (χ0) is 12.1. The minimum atomic E-state index is 0.629. The molecule has 1 aliphatic rings. The second-order valence-corrected chi connectivity index (χ2v) is 4.62. The van der Waals surface area contributed by atoms with E-state index in [4.69, 9.17) is 10.00 Å². The summed E-state index contributed by atoms with van der Waals surface area (Å²) >= 11 is 0. The van der Waals surface area contributed by atoms with Crippen molar-refractivity contribution in [1.29, 1.82) is 5.26 Å². The normalized spacial score (nSPS) is 19.6. The molecule has 1 aromatic carbocycles. The van der Waals surface area contributed by atoms with Crippen molar-refractivity contribution < 1.29 is 4.74 Å². The van der Waals surface area contributed by atoms with E-state index in [0.29, 0.717) is 11.5 Å². The van der Waals surface area contributed by atoms with E-state index in [1.165, 1.54) is 12.8 Å². The second-order valence-electron chi connectivity index (χ2n) is 4.62. The van der Waals surface area contributed by atoms with E-state index in [1.807, 2.05) is 24.3 Å². The average molecular weight is 230 g/mol. The Morgan fingerprint density at radius 1 is 1.41 bits per heavy atom. The van der Waals surface area contributed by atoms with Crippen LogP contribution in [-0.4, -0.2) is 26.8 Å². The van der Waals surface area contributed by atoms with Crippen molar-refractivity contribution in [1.82, 2.24) is 0 Å². The standard InChI is InChI=1S/C14H18N2O/c1-16(10-13-3-2-8-17-11-13)14-6-4-12(9-15)5-7-14/h4-7,13H,2-3,8,10-11H2,1H3. The zero-order valence-corrected chi connectivity index (χ0v) is 10.2. The Balaban J connectivity index is 1.94. The van der Waals surface area contributed by atoms with Crippen LogP contribution in [0.4, 0.5) is 5.69 Å². The highest BCUT2D eigenvalue weighted by molar-refractivity contribution is 5.49. The molecular weight excluding hydrogens is 212 g/mol. The third-order valence-corrected chi connectivity index (χ3v) is 3.22. The van der Waals surface area contributed by atoms with Crippen LogP contribution in [0.15, 0.2) is 24.3 Å². The van der Waals surface area contributed by atoms with Gasteiger partial charge in [0.25, 0.3) is 0 Å². The van der Waals surface area contributed by atoms with Gasteiger partial charge in [0, 0.05) is 25.9 Å². The van der Waals surface area contributed by atoms with Crippen LogP contribution in [0.1, 0.15) is 18.4 Å². The molecule has 1 heterocycles. The quantitative estimate of drug-likeness (QED) is 0.800. The Hall–Kier alpha value is -1.53. The molecule has 1 aliphatic heterocycles. The molecule has 0 amide bonds. The fourth-order valence-electron chi connectivity index (χ4n) is 2.23. The van der Waals surface area contributed by atoms with E-state index < -0.39 is 0 Å². The maximum Gasteiger partial charge on any atom is 0.0991 e. The van der Waals surface area contributed by atoms with Gasteiger partial charge in [-0.2, -0.15) is 5.26 Å². The maximum atomic E-state index is 8.75. The van der Waals surface area contributed by atoms with E-state index >= 15 is 0 Å². The molecule has 3 heteroatoms. The summed E-state index contributed by atoms with van der Waals surface area (Å²) in [5.74, 6) is 0.629. The molecule has 90 valence electrons. The predicted octanol–water partition coefficient (Wildman–Crippen LogP) is 2.42. The Bertz CT molecular complexity index is 388. The van der Waals surface area contributed by atoms with E-state index in [-0.39, 0.29) is 0 Å². The smallest absolute Gasteiger partial charge is 0.0991 e. The van der Waals surface area contributed by atoms with Gasteiger partial charge in [-0.05, 0) is 43.0 Å². The Kier molecular flexibility index (Phi) is 4.00. The van der Waals surface area contributed by atoms with E-state index in [2.05, 4.69) is 18.0 Å². The molecule has 1 atom stereocenters. The number of anilines is 1. The predicted molar refractivity (Wildman–Crippen MR) is 68.0 cm³/mol. The topological polar surface area (TPSA) is 36.3 Å². The van der Waals surface area contributed by atoms with Crippen LogP contribution in [0.25, 0.3) is 0 Å². The number of hydrogen-bond acceptors (Lipinski definition) is 3. The van der Waals surface area contributed by atoms with Crippen molar-refractivity contribution >= 4 is 5.69 Å². The Labute approximate surface area is 103 Å². The molecule has 2 rings (SSSR count). The van der Waals surface area contributed by atoms with Crippen LogP contribution in [0.5, 0.6) is 0 Å². The molecule has 17 heavy (non-hydrogen) atoms. The molecule has 0 bridgehead atoms. The van der Waals surface area contributed by atoms with Gasteiger partial charge >= 0.3 is 0 Å². The third kappa shape index (κ3) is 3.21. The second kappa shape index (κ2) is 5.70. The van der Waals surface area contributed by atoms with Crippen molar-refractivity contribution in [3.63, 3.8) is 0 Å². The van der Waals surface area contributed by atoms with Crippen molar-refractivity contribution in [3.05, 3.63) is 29.8 Å². The lowest BCUT2D eigenvalue weighted by Gasteiger charge is -2.28. The van der Waals surface area contributed by atoms with Crippen molar-refractivity contribution in [2.45, 2.75) is 12.8 Å². The first kappa shape index (κ1) is 11.9. The first-order valence-electron chi connectivity index (χ1n) is 6.08. The molecule has 0 aromatic heterocycles. The Morgan fingerprint density at radius 2 is 2.18 bits per heavy atom. The molecule has 3 nitrogen and oxygen atoms in total. The first-order chi connectivity index (χ1) is 8.29. The molecule has 1 aromatic rings. The lowest BCUT2D eigenvalue weighted by atomic mass is 10.0. The SMILES string of the molecule is CN(CC1CCCOC1)c1ccc(C#N)cc1. The van der Waals surface area contributed by atoms with Gasteiger partial charge in [-0.15, -0.1) is 0 Å². The first-order valence-corrected chi connectivity index (χ1v) is 6.08. The number of hydrogen-bond donors (Lipinski definition) is 0. The summed E-state index contributed by atoms with van der Waals surface area (Å²) in [6, 6.07) is 9.87. The van der Waals surface area contributed by atoms with Gasteiger partial charge in [-0.3, -0.25) is 0 Å². The van der Waals surface area contributed by atoms with Crippen LogP contribution in [-0.2, 0) is 4.74 Å². The van der Waals surface area contributed by atoms with Gasteiger partial charge < -0.3 is 9.64 Å². The van der Waals surface area contributed by atoms with Gasteiger partial charge in [0.05, 0.1) is 18.2 Å². The summed E-state index contributed by atoms with van der Waals surface area (Å²) < 4.78 is 5.49. The van der Waals surface area contributed by atoms with Gasteiger partial charge in [-0.1, -0.05) is 0 Å². The highest BCUT2D eigenvalue weighted by Crippen LogP contribution is 2.19. The van der Waals surface area contributed by atoms with Crippen molar-refractivity contribution in [2.24, 2.45) is 5.92 Å². The van der Waals surface area contributed by atoms with E-state index in [1.54, 1.807) is 0 Å². The number of benzene rings is 1. The molecule has 1 saturated heterocycles. The fraction of sp³-hybridized carbons (Fsp3) is 0.500. The van der Waals surface area contributed by atoms with Gasteiger partial charge in [0.15, 0.2) is 0 Å². The molecular formula is C14H18N2O. The molecule has 0 saturated carbocycles. The molecule has 0 aliphatic carbocycles. The van der Waals surface area contributed by atoms with Crippen LogP contribution < -0.4 is 4.90 Å². The highest BCUT2D eigenvalue weighted by Gasteiger charge is 2.15. The number of rotatable bonds is 3. The summed E-state index contributed by atoms with van der Waals surface area (Å²) in [5, 5.41) is 8.75. The monoisotopic (exact) mass is 230 g/mol. The van der Waals surface area contributed by atoms with E-state index in [0.717, 1.165) is 25.4 Å². The van der Waals surface area contributed by atoms with Gasteiger partial charge in [0.2, 0.25) is 0 Å². The lowest BCUT2D eigenvalue weighted by Crippen LogP contribution is -2.30. The number of nitrogens with zero attached hydrogens (tertiary/aromatic N) is 2. The summed E-state index contributed by atoms with van der Waals surface area (Å²) in [4.78, 5) is 2.24. The minimum absolute atomic E-state index is 0.629. The summed E-state index contributed by atoms with van der Waals surface area (Å²) in [7, 11) is 2.09. The van der Waals surface area contributed by atoms with Gasteiger partial charge in [0.1, 0.15) is 0 Å². The largest absolute Gasteiger partial charge is 0.381 e. The molecule has 1 fully saturated rings. The van der Waals surface area contributed by atoms with Crippen molar-refractivity contribution in [3.8, 4) is 6.07 Å². The van der Waals surface area contributed by atoms with Crippen molar-refractivity contribution in [2.75, 3.05) is 31.7 Å². The van der Waals surface area contributed by atoms with Crippen LogP contribution in [0.2, 0.25) is 0 Å². The fourth-order valence-corrected chi connectivity index (χ4v) is 2.23. The molecule has 0 N–H and O–H groups in total. The van der Waals surface area contributed by atoms with Crippen LogP contribution >= 0.6 is 0 Å². The average Bonchev–Trinajstić information content (AvgIpc) is 2.40. The maximum absolute atomic E-state index is 8.75. The number of ether oxygens (including phenoxy) is 1.